The maximum absolute atomic E-state index is 11.2. The quantitative estimate of drug-likeness (QED) is 0.774. The second-order valence-electron chi connectivity index (χ2n) is 5.01. The van der Waals surface area contributed by atoms with Gasteiger partial charge in [0.15, 0.2) is 0 Å². The molecule has 18 heavy (non-hydrogen) atoms. The van der Waals surface area contributed by atoms with E-state index in [1.165, 1.54) is 6.07 Å². The van der Waals surface area contributed by atoms with Gasteiger partial charge in [0.05, 0.1) is 6.10 Å². The predicted octanol–water partition coefficient (Wildman–Crippen LogP) is 3.61. The Morgan fingerprint density at radius 2 is 1.89 bits per heavy atom. The maximum Gasteiger partial charge on any atom is 0.336 e. The van der Waals surface area contributed by atoms with Crippen LogP contribution in [-0.4, -0.2) is 6.10 Å². The lowest BCUT2D eigenvalue weighted by atomic mass is 10.1. The van der Waals surface area contributed by atoms with E-state index in [1.807, 2.05) is 19.1 Å². The standard InChI is InChI=1S/C15H18O3/c1-10(2)8-11(3)17-13-6-4-12-5-7-15(16)18-14(12)9-13/h4-7,9-11H,8H2,1-3H3. The summed E-state index contributed by atoms with van der Waals surface area (Å²) in [6, 6.07) is 8.75. The molecule has 0 N–H and O–H groups in total. The molecule has 3 nitrogen and oxygen atoms in total. The second-order valence-corrected chi connectivity index (χ2v) is 5.01. The summed E-state index contributed by atoms with van der Waals surface area (Å²) in [5.41, 5.74) is 0.228. The van der Waals surface area contributed by atoms with E-state index in [9.17, 15) is 4.79 Å². The van der Waals surface area contributed by atoms with Crippen molar-refractivity contribution in [3.63, 3.8) is 0 Å². The highest BCUT2D eigenvalue weighted by Crippen LogP contribution is 2.21. The van der Waals surface area contributed by atoms with Gasteiger partial charge in [0.2, 0.25) is 0 Å². The number of hydrogen-bond acceptors (Lipinski definition) is 3. The molecule has 0 radical (unpaired) electrons. The van der Waals surface area contributed by atoms with Crippen LogP contribution in [0.1, 0.15) is 27.2 Å². The first kappa shape index (κ1) is 12.7. The van der Waals surface area contributed by atoms with Gasteiger partial charge in [-0.1, -0.05) is 13.8 Å². The lowest BCUT2D eigenvalue weighted by molar-refractivity contribution is 0.193. The van der Waals surface area contributed by atoms with Crippen molar-refractivity contribution < 1.29 is 9.15 Å². The highest BCUT2D eigenvalue weighted by atomic mass is 16.5. The molecule has 2 aromatic rings. The molecule has 1 heterocycles. The minimum absolute atomic E-state index is 0.151. The summed E-state index contributed by atoms with van der Waals surface area (Å²) in [5.74, 6) is 1.34. The Morgan fingerprint density at radius 1 is 1.17 bits per heavy atom. The van der Waals surface area contributed by atoms with Gasteiger partial charge in [0, 0.05) is 17.5 Å². The molecular weight excluding hydrogens is 228 g/mol. The van der Waals surface area contributed by atoms with Gasteiger partial charge in [0.25, 0.3) is 0 Å². The summed E-state index contributed by atoms with van der Waals surface area (Å²) in [6.07, 6.45) is 1.15. The van der Waals surface area contributed by atoms with Crippen LogP contribution in [0.3, 0.4) is 0 Å². The lowest BCUT2D eigenvalue weighted by Crippen LogP contribution is -2.14. The van der Waals surface area contributed by atoms with E-state index in [2.05, 4.69) is 13.8 Å². The molecule has 0 amide bonds. The van der Waals surface area contributed by atoms with Crippen molar-refractivity contribution >= 4 is 11.0 Å². The molecule has 0 aliphatic rings. The molecular formula is C15H18O3. The Bertz CT molecular complexity index is 584. The maximum atomic E-state index is 11.2. The summed E-state index contributed by atoms with van der Waals surface area (Å²) < 4.78 is 10.9. The number of benzene rings is 1. The van der Waals surface area contributed by atoms with Crippen molar-refractivity contribution in [2.45, 2.75) is 33.3 Å². The molecule has 0 aliphatic carbocycles. The van der Waals surface area contributed by atoms with Crippen LogP contribution in [0, 0.1) is 5.92 Å². The Hall–Kier alpha value is -1.77. The summed E-state index contributed by atoms with van der Waals surface area (Å²) in [4.78, 5) is 11.2. The molecule has 2 rings (SSSR count). The fraction of sp³-hybridized carbons (Fsp3) is 0.400. The Labute approximate surface area is 106 Å². The van der Waals surface area contributed by atoms with Crippen molar-refractivity contribution in [3.8, 4) is 5.75 Å². The molecule has 3 heteroatoms. The van der Waals surface area contributed by atoms with Gasteiger partial charge in [0.1, 0.15) is 11.3 Å². The number of rotatable bonds is 4. The van der Waals surface area contributed by atoms with Crippen molar-refractivity contribution in [1.29, 1.82) is 0 Å². The van der Waals surface area contributed by atoms with Crippen LogP contribution in [0.4, 0.5) is 0 Å². The molecule has 1 aromatic carbocycles. The van der Waals surface area contributed by atoms with Crippen LogP contribution in [0.25, 0.3) is 11.0 Å². The zero-order valence-corrected chi connectivity index (χ0v) is 11.0. The first-order valence-electron chi connectivity index (χ1n) is 6.25. The van der Waals surface area contributed by atoms with E-state index in [0.29, 0.717) is 11.5 Å². The number of hydrogen-bond donors (Lipinski definition) is 0. The van der Waals surface area contributed by atoms with Gasteiger partial charge >= 0.3 is 5.63 Å². The second kappa shape index (κ2) is 5.25. The average Bonchev–Trinajstić information content (AvgIpc) is 2.27. The minimum Gasteiger partial charge on any atom is -0.491 e. The molecule has 0 saturated carbocycles. The van der Waals surface area contributed by atoms with Crippen LogP contribution >= 0.6 is 0 Å². The van der Waals surface area contributed by atoms with Crippen LogP contribution in [0.5, 0.6) is 5.75 Å². The monoisotopic (exact) mass is 246 g/mol. The largest absolute Gasteiger partial charge is 0.491 e. The van der Waals surface area contributed by atoms with Gasteiger partial charge in [-0.05, 0) is 37.5 Å². The van der Waals surface area contributed by atoms with E-state index in [4.69, 9.17) is 9.15 Å². The molecule has 1 unspecified atom stereocenters. The van der Waals surface area contributed by atoms with Gasteiger partial charge < -0.3 is 9.15 Å². The van der Waals surface area contributed by atoms with Gasteiger partial charge in [-0.25, -0.2) is 4.79 Å². The van der Waals surface area contributed by atoms with E-state index in [1.54, 1.807) is 12.1 Å². The molecule has 0 fully saturated rings. The van der Waals surface area contributed by atoms with Crippen LogP contribution < -0.4 is 10.4 Å². The third kappa shape index (κ3) is 3.13. The van der Waals surface area contributed by atoms with Crippen molar-refractivity contribution in [3.05, 3.63) is 40.8 Å². The molecule has 1 aromatic heterocycles. The van der Waals surface area contributed by atoms with E-state index in [-0.39, 0.29) is 11.7 Å². The smallest absolute Gasteiger partial charge is 0.336 e. The highest BCUT2D eigenvalue weighted by molar-refractivity contribution is 5.77. The van der Waals surface area contributed by atoms with Crippen LogP contribution in [0.2, 0.25) is 0 Å². The summed E-state index contributed by atoms with van der Waals surface area (Å²) in [6.45, 7) is 6.38. The third-order valence-electron chi connectivity index (χ3n) is 2.74. The summed E-state index contributed by atoms with van der Waals surface area (Å²) in [7, 11) is 0. The molecule has 0 spiro atoms. The molecule has 96 valence electrons. The first-order valence-corrected chi connectivity index (χ1v) is 6.25. The van der Waals surface area contributed by atoms with E-state index in [0.717, 1.165) is 17.6 Å². The Morgan fingerprint density at radius 3 is 2.61 bits per heavy atom. The van der Waals surface area contributed by atoms with Crippen molar-refractivity contribution in [1.82, 2.24) is 0 Å². The zero-order chi connectivity index (χ0) is 13.1. The number of ether oxygens (including phenoxy) is 1. The van der Waals surface area contributed by atoms with Gasteiger partial charge in [-0.2, -0.15) is 0 Å². The van der Waals surface area contributed by atoms with Gasteiger partial charge in [-0.3, -0.25) is 0 Å². The first-order chi connectivity index (χ1) is 8.54. The van der Waals surface area contributed by atoms with Crippen molar-refractivity contribution in [2.24, 2.45) is 5.92 Å². The summed E-state index contributed by atoms with van der Waals surface area (Å²) in [5, 5.41) is 0.901. The topological polar surface area (TPSA) is 39.4 Å². The minimum atomic E-state index is -0.338. The molecule has 1 atom stereocenters. The summed E-state index contributed by atoms with van der Waals surface area (Å²) >= 11 is 0. The van der Waals surface area contributed by atoms with Crippen LogP contribution in [-0.2, 0) is 0 Å². The Kier molecular flexibility index (Phi) is 3.70. The average molecular weight is 246 g/mol. The zero-order valence-electron chi connectivity index (χ0n) is 11.0. The Balaban J connectivity index is 2.21. The third-order valence-corrected chi connectivity index (χ3v) is 2.74. The molecule has 0 aliphatic heterocycles. The van der Waals surface area contributed by atoms with Crippen LogP contribution in [0.15, 0.2) is 39.5 Å². The number of fused-ring (bicyclic) bond motifs is 1. The SMILES string of the molecule is CC(C)CC(C)Oc1ccc2ccc(=O)oc2c1. The normalized spacial score (nSPS) is 12.9. The van der Waals surface area contributed by atoms with Gasteiger partial charge in [-0.15, -0.1) is 0 Å². The molecule has 0 bridgehead atoms. The lowest BCUT2D eigenvalue weighted by Gasteiger charge is -2.16. The van der Waals surface area contributed by atoms with E-state index < -0.39 is 0 Å². The highest BCUT2D eigenvalue weighted by Gasteiger charge is 2.07. The fourth-order valence-corrected chi connectivity index (χ4v) is 2.06. The van der Waals surface area contributed by atoms with E-state index >= 15 is 0 Å². The predicted molar refractivity (Wildman–Crippen MR) is 72.0 cm³/mol. The van der Waals surface area contributed by atoms with Crippen molar-refractivity contribution in [2.75, 3.05) is 0 Å². The fourth-order valence-electron chi connectivity index (χ4n) is 2.06. The molecule has 0 saturated heterocycles.